The Morgan fingerprint density at radius 3 is 3.06 bits per heavy atom. The van der Waals surface area contributed by atoms with Gasteiger partial charge >= 0.3 is 0 Å². The van der Waals surface area contributed by atoms with E-state index in [1.165, 1.54) is 12.8 Å². The lowest BCUT2D eigenvalue weighted by molar-refractivity contribution is 0.693. The molecule has 1 aromatic carbocycles. The number of hydrogen-bond acceptors (Lipinski definition) is 4. The topological polar surface area (TPSA) is 50.9 Å². The Morgan fingerprint density at radius 1 is 1.50 bits per heavy atom. The van der Waals surface area contributed by atoms with Gasteiger partial charge in [-0.15, -0.1) is 0 Å². The van der Waals surface area contributed by atoms with E-state index in [1.807, 2.05) is 18.2 Å². The van der Waals surface area contributed by atoms with Crippen LogP contribution in [-0.4, -0.2) is 11.0 Å². The van der Waals surface area contributed by atoms with E-state index in [2.05, 4.69) is 17.2 Å². The normalized spacial score (nSPS) is 17.6. The predicted molar refractivity (Wildman–Crippen MR) is 69.8 cm³/mol. The average molecular weight is 233 g/mol. The van der Waals surface area contributed by atoms with Crippen molar-refractivity contribution in [3.05, 3.63) is 18.2 Å². The smallest absolute Gasteiger partial charge is 0.184 e. The number of fused-ring (bicyclic) bond motifs is 1. The van der Waals surface area contributed by atoms with Crippen molar-refractivity contribution >= 4 is 32.4 Å². The van der Waals surface area contributed by atoms with E-state index in [0.717, 1.165) is 27.0 Å². The lowest BCUT2D eigenvalue weighted by Gasteiger charge is -2.10. The van der Waals surface area contributed by atoms with Gasteiger partial charge in [-0.1, -0.05) is 11.3 Å². The van der Waals surface area contributed by atoms with Crippen molar-refractivity contribution in [2.45, 2.75) is 25.8 Å². The molecule has 4 heteroatoms. The van der Waals surface area contributed by atoms with Gasteiger partial charge in [-0.3, -0.25) is 0 Å². The first kappa shape index (κ1) is 9.90. The summed E-state index contributed by atoms with van der Waals surface area (Å²) in [5.74, 6) is 0.845. The van der Waals surface area contributed by atoms with Gasteiger partial charge in [-0.2, -0.15) is 0 Å². The van der Waals surface area contributed by atoms with Crippen molar-refractivity contribution in [2.24, 2.45) is 5.92 Å². The van der Waals surface area contributed by atoms with Crippen molar-refractivity contribution in [3.63, 3.8) is 0 Å². The van der Waals surface area contributed by atoms with Crippen LogP contribution in [-0.2, 0) is 0 Å². The first-order valence-electron chi connectivity index (χ1n) is 5.65. The van der Waals surface area contributed by atoms with E-state index >= 15 is 0 Å². The summed E-state index contributed by atoms with van der Waals surface area (Å²) >= 11 is 1.68. The zero-order valence-corrected chi connectivity index (χ0v) is 10.1. The van der Waals surface area contributed by atoms with E-state index in [4.69, 9.17) is 5.73 Å². The molecule has 1 aliphatic rings. The van der Waals surface area contributed by atoms with Crippen LogP contribution in [0.5, 0.6) is 0 Å². The highest BCUT2D eigenvalue weighted by atomic mass is 32.1. The van der Waals surface area contributed by atoms with E-state index < -0.39 is 0 Å². The summed E-state index contributed by atoms with van der Waals surface area (Å²) in [5.41, 5.74) is 7.59. The van der Waals surface area contributed by atoms with E-state index in [-0.39, 0.29) is 0 Å². The Bertz CT molecular complexity index is 516. The Balaban J connectivity index is 1.86. The highest BCUT2D eigenvalue weighted by molar-refractivity contribution is 7.22. The number of benzene rings is 1. The molecule has 0 saturated heterocycles. The van der Waals surface area contributed by atoms with Gasteiger partial charge in [-0.25, -0.2) is 4.98 Å². The Morgan fingerprint density at radius 2 is 2.31 bits per heavy atom. The van der Waals surface area contributed by atoms with Gasteiger partial charge in [0.05, 0.1) is 10.2 Å². The zero-order chi connectivity index (χ0) is 11.1. The second-order valence-electron chi connectivity index (χ2n) is 4.52. The highest BCUT2D eigenvalue weighted by Crippen LogP contribution is 2.35. The lowest BCUT2D eigenvalue weighted by Crippen LogP contribution is -2.16. The first-order valence-corrected chi connectivity index (χ1v) is 6.46. The monoisotopic (exact) mass is 233 g/mol. The van der Waals surface area contributed by atoms with Crippen LogP contribution in [0.2, 0.25) is 0 Å². The number of rotatable bonds is 3. The molecule has 0 radical (unpaired) electrons. The molecular formula is C12H15N3S. The standard InChI is InChI=1S/C12H15N3S/c1-7(8-2-3-8)14-12-15-10-5-4-9(13)6-11(10)16-12/h4-8H,2-3,13H2,1H3,(H,14,15). The highest BCUT2D eigenvalue weighted by Gasteiger charge is 2.28. The van der Waals surface area contributed by atoms with Crippen molar-refractivity contribution < 1.29 is 0 Å². The number of nitrogens with two attached hydrogens (primary N) is 1. The lowest BCUT2D eigenvalue weighted by atomic mass is 10.2. The molecule has 1 saturated carbocycles. The molecule has 0 amide bonds. The molecule has 16 heavy (non-hydrogen) atoms. The van der Waals surface area contributed by atoms with Gasteiger partial charge in [0, 0.05) is 11.7 Å². The fourth-order valence-electron chi connectivity index (χ4n) is 1.91. The van der Waals surface area contributed by atoms with Gasteiger partial charge in [0.25, 0.3) is 0 Å². The Hall–Kier alpha value is -1.29. The number of aromatic nitrogens is 1. The van der Waals surface area contributed by atoms with Crippen LogP contribution in [0.15, 0.2) is 18.2 Å². The van der Waals surface area contributed by atoms with Gasteiger partial charge in [-0.05, 0) is 43.9 Å². The van der Waals surface area contributed by atoms with Crippen LogP contribution in [0.4, 0.5) is 10.8 Å². The van der Waals surface area contributed by atoms with E-state index in [9.17, 15) is 0 Å². The molecule has 1 aliphatic carbocycles. The SMILES string of the molecule is CC(Nc1nc2ccc(N)cc2s1)C1CC1. The molecule has 84 valence electrons. The second kappa shape index (κ2) is 3.63. The Kier molecular flexibility index (Phi) is 2.24. The van der Waals surface area contributed by atoms with E-state index in [1.54, 1.807) is 11.3 Å². The molecule has 0 aliphatic heterocycles. The minimum Gasteiger partial charge on any atom is -0.399 e. The summed E-state index contributed by atoms with van der Waals surface area (Å²) in [7, 11) is 0. The maximum Gasteiger partial charge on any atom is 0.184 e. The molecule has 0 bridgehead atoms. The number of nitrogen functional groups attached to an aromatic ring is 1. The van der Waals surface area contributed by atoms with Gasteiger partial charge in [0.2, 0.25) is 0 Å². The first-order chi connectivity index (χ1) is 7.72. The molecule has 1 atom stereocenters. The number of hydrogen-bond donors (Lipinski definition) is 2. The quantitative estimate of drug-likeness (QED) is 0.801. The summed E-state index contributed by atoms with van der Waals surface area (Å²) in [6.45, 7) is 2.23. The number of nitrogens with zero attached hydrogens (tertiary/aromatic N) is 1. The summed E-state index contributed by atoms with van der Waals surface area (Å²) in [6, 6.07) is 6.41. The minimum absolute atomic E-state index is 0.540. The second-order valence-corrected chi connectivity index (χ2v) is 5.55. The van der Waals surface area contributed by atoms with Crippen molar-refractivity contribution in [3.8, 4) is 0 Å². The third-order valence-electron chi connectivity index (χ3n) is 3.09. The van der Waals surface area contributed by atoms with Crippen LogP contribution in [0.3, 0.4) is 0 Å². The van der Waals surface area contributed by atoms with Gasteiger partial charge < -0.3 is 11.1 Å². The summed E-state index contributed by atoms with van der Waals surface area (Å²) < 4.78 is 1.16. The summed E-state index contributed by atoms with van der Waals surface area (Å²) in [4.78, 5) is 4.56. The molecular weight excluding hydrogens is 218 g/mol. The number of nitrogens with one attached hydrogen (secondary N) is 1. The number of thiazole rings is 1. The van der Waals surface area contributed by atoms with Crippen molar-refractivity contribution in [1.82, 2.24) is 4.98 Å². The molecule has 3 nitrogen and oxygen atoms in total. The summed E-state index contributed by atoms with van der Waals surface area (Å²) in [5, 5.41) is 4.49. The van der Waals surface area contributed by atoms with Crippen LogP contribution in [0, 0.1) is 5.92 Å². The number of anilines is 2. The van der Waals surface area contributed by atoms with Crippen LogP contribution < -0.4 is 11.1 Å². The molecule has 1 aromatic heterocycles. The molecule has 1 heterocycles. The largest absolute Gasteiger partial charge is 0.399 e. The zero-order valence-electron chi connectivity index (χ0n) is 9.23. The molecule has 1 unspecified atom stereocenters. The van der Waals surface area contributed by atoms with Crippen LogP contribution in [0.25, 0.3) is 10.2 Å². The fraction of sp³-hybridized carbons (Fsp3) is 0.417. The Labute approximate surface area is 98.7 Å². The molecule has 3 rings (SSSR count). The van der Waals surface area contributed by atoms with E-state index in [0.29, 0.717) is 6.04 Å². The molecule has 0 spiro atoms. The maximum atomic E-state index is 5.75. The minimum atomic E-state index is 0.540. The van der Waals surface area contributed by atoms with Gasteiger partial charge in [0.15, 0.2) is 5.13 Å². The van der Waals surface area contributed by atoms with Crippen LogP contribution >= 0.6 is 11.3 Å². The molecule has 2 aromatic rings. The van der Waals surface area contributed by atoms with Crippen molar-refractivity contribution in [1.29, 1.82) is 0 Å². The third-order valence-corrected chi connectivity index (χ3v) is 4.04. The summed E-state index contributed by atoms with van der Waals surface area (Å²) in [6.07, 6.45) is 2.71. The molecule has 3 N–H and O–H groups in total. The average Bonchev–Trinajstić information content (AvgIpc) is 3.00. The van der Waals surface area contributed by atoms with Crippen LogP contribution in [0.1, 0.15) is 19.8 Å². The fourth-order valence-corrected chi connectivity index (χ4v) is 2.92. The molecule has 1 fully saturated rings. The predicted octanol–water partition coefficient (Wildman–Crippen LogP) is 3.09. The third kappa shape index (κ3) is 1.85. The van der Waals surface area contributed by atoms with Gasteiger partial charge in [0.1, 0.15) is 0 Å². The van der Waals surface area contributed by atoms with Crippen molar-refractivity contribution in [2.75, 3.05) is 11.1 Å². The maximum absolute atomic E-state index is 5.75.